The van der Waals surface area contributed by atoms with Crippen molar-refractivity contribution in [2.24, 2.45) is 0 Å². The number of carbonyl (C=O) groups excluding carboxylic acids is 1. The second-order valence-electron chi connectivity index (χ2n) is 6.59. The lowest BCUT2D eigenvalue weighted by Crippen LogP contribution is -2.25. The molecule has 1 N–H and O–H groups in total. The van der Waals surface area contributed by atoms with Gasteiger partial charge in [0.05, 0.1) is 25.8 Å². The molecule has 140 valence electrons. The Morgan fingerprint density at radius 1 is 1.04 bits per heavy atom. The summed E-state index contributed by atoms with van der Waals surface area (Å²) in [5, 5.41) is 7.65. The van der Waals surface area contributed by atoms with Crippen LogP contribution in [0.4, 0.5) is 0 Å². The zero-order valence-electron chi connectivity index (χ0n) is 16.0. The molecule has 0 saturated heterocycles. The topological polar surface area (TPSA) is 56.1 Å². The van der Waals surface area contributed by atoms with Gasteiger partial charge in [0.2, 0.25) is 5.91 Å². The number of nitrogens with one attached hydrogen (secondary N) is 1. The van der Waals surface area contributed by atoms with E-state index < -0.39 is 0 Å². The van der Waals surface area contributed by atoms with E-state index in [0.717, 1.165) is 34.8 Å². The number of hydrogen-bond donors (Lipinski definition) is 1. The van der Waals surface area contributed by atoms with E-state index in [-0.39, 0.29) is 5.91 Å². The number of nitrogens with zero attached hydrogens (tertiary/aromatic N) is 2. The maximum Gasteiger partial charge on any atom is 0.224 e. The first kappa shape index (κ1) is 18.7. The minimum absolute atomic E-state index is 0.00484. The van der Waals surface area contributed by atoms with E-state index in [0.29, 0.717) is 13.0 Å². The monoisotopic (exact) mass is 363 g/mol. The van der Waals surface area contributed by atoms with Gasteiger partial charge in [-0.1, -0.05) is 42.5 Å². The SMILES string of the molecule is COc1ccc(CC(=O)NCc2c(C)nn(Cc3ccccc3)c2C)cc1. The largest absolute Gasteiger partial charge is 0.497 e. The van der Waals surface area contributed by atoms with Crippen molar-refractivity contribution in [2.75, 3.05) is 7.11 Å². The number of amides is 1. The highest BCUT2D eigenvalue weighted by Crippen LogP contribution is 2.15. The summed E-state index contributed by atoms with van der Waals surface area (Å²) in [5.41, 5.74) is 5.28. The van der Waals surface area contributed by atoms with Crippen molar-refractivity contribution in [3.05, 3.63) is 82.7 Å². The number of methoxy groups -OCH3 is 1. The second-order valence-corrected chi connectivity index (χ2v) is 6.59. The normalized spacial score (nSPS) is 10.6. The number of carbonyl (C=O) groups is 1. The predicted octanol–water partition coefficient (Wildman–Crippen LogP) is 3.42. The molecule has 0 unspecified atom stereocenters. The lowest BCUT2D eigenvalue weighted by atomic mass is 10.1. The van der Waals surface area contributed by atoms with E-state index in [9.17, 15) is 4.79 Å². The molecule has 1 heterocycles. The molecule has 3 rings (SSSR count). The molecule has 3 aromatic rings. The molecule has 5 nitrogen and oxygen atoms in total. The summed E-state index contributed by atoms with van der Waals surface area (Å²) in [6.07, 6.45) is 0.347. The molecule has 0 bridgehead atoms. The van der Waals surface area contributed by atoms with Crippen LogP contribution >= 0.6 is 0 Å². The molecule has 0 atom stereocenters. The number of rotatable bonds is 7. The van der Waals surface area contributed by atoms with Crippen molar-refractivity contribution in [1.29, 1.82) is 0 Å². The Balaban J connectivity index is 1.61. The molecule has 0 aliphatic carbocycles. The molecule has 2 aromatic carbocycles. The smallest absolute Gasteiger partial charge is 0.224 e. The summed E-state index contributed by atoms with van der Waals surface area (Å²) in [5.74, 6) is 0.783. The van der Waals surface area contributed by atoms with Crippen molar-refractivity contribution in [3.8, 4) is 5.75 Å². The van der Waals surface area contributed by atoms with E-state index in [1.54, 1.807) is 7.11 Å². The van der Waals surface area contributed by atoms with Crippen molar-refractivity contribution >= 4 is 5.91 Å². The number of aryl methyl sites for hydroxylation is 1. The van der Waals surface area contributed by atoms with Gasteiger partial charge in [0.25, 0.3) is 0 Å². The van der Waals surface area contributed by atoms with E-state index >= 15 is 0 Å². The van der Waals surface area contributed by atoms with Gasteiger partial charge in [0, 0.05) is 17.8 Å². The van der Waals surface area contributed by atoms with Gasteiger partial charge in [0.1, 0.15) is 5.75 Å². The van der Waals surface area contributed by atoms with Gasteiger partial charge in [-0.15, -0.1) is 0 Å². The molecule has 0 saturated carbocycles. The highest BCUT2D eigenvalue weighted by Gasteiger charge is 2.13. The van der Waals surface area contributed by atoms with E-state index in [1.165, 1.54) is 5.56 Å². The molecule has 0 radical (unpaired) electrons. The van der Waals surface area contributed by atoms with Crippen LogP contribution in [0.2, 0.25) is 0 Å². The standard InChI is InChI=1S/C22H25N3O2/c1-16-21(17(2)25(24-16)15-19-7-5-4-6-8-19)14-23-22(26)13-18-9-11-20(27-3)12-10-18/h4-12H,13-15H2,1-3H3,(H,23,26). The number of aromatic nitrogens is 2. The van der Waals surface area contributed by atoms with E-state index in [1.807, 2.05) is 61.0 Å². The highest BCUT2D eigenvalue weighted by molar-refractivity contribution is 5.78. The Bertz CT molecular complexity index is 899. The van der Waals surface area contributed by atoms with Crippen molar-refractivity contribution in [3.63, 3.8) is 0 Å². The Hall–Kier alpha value is -3.08. The number of ether oxygens (including phenoxy) is 1. The predicted molar refractivity (Wildman–Crippen MR) is 106 cm³/mol. The van der Waals surface area contributed by atoms with Crippen LogP contribution in [0.5, 0.6) is 5.75 Å². The van der Waals surface area contributed by atoms with Crippen LogP contribution in [0.25, 0.3) is 0 Å². The molecular weight excluding hydrogens is 338 g/mol. The average molecular weight is 363 g/mol. The van der Waals surface area contributed by atoms with Gasteiger partial charge in [0.15, 0.2) is 0 Å². The Kier molecular flexibility index (Phi) is 5.91. The number of hydrogen-bond acceptors (Lipinski definition) is 3. The van der Waals surface area contributed by atoms with Gasteiger partial charge >= 0.3 is 0 Å². The zero-order valence-corrected chi connectivity index (χ0v) is 16.0. The summed E-state index contributed by atoms with van der Waals surface area (Å²) in [4.78, 5) is 12.3. The van der Waals surface area contributed by atoms with E-state index in [2.05, 4.69) is 22.5 Å². The molecule has 0 fully saturated rings. The van der Waals surface area contributed by atoms with Crippen molar-refractivity contribution in [1.82, 2.24) is 15.1 Å². The molecule has 27 heavy (non-hydrogen) atoms. The van der Waals surface area contributed by atoms with Gasteiger partial charge in [-0.05, 0) is 37.1 Å². The first-order valence-electron chi connectivity index (χ1n) is 9.03. The first-order valence-corrected chi connectivity index (χ1v) is 9.03. The first-order chi connectivity index (χ1) is 13.1. The van der Waals surface area contributed by atoms with Crippen LogP contribution in [0.1, 0.15) is 28.1 Å². The molecule has 0 spiro atoms. The Morgan fingerprint density at radius 2 is 1.74 bits per heavy atom. The zero-order chi connectivity index (χ0) is 19.2. The third-order valence-corrected chi connectivity index (χ3v) is 4.69. The molecule has 1 amide bonds. The van der Waals surface area contributed by atoms with Crippen molar-refractivity contribution in [2.45, 2.75) is 33.4 Å². The molecule has 1 aromatic heterocycles. The highest BCUT2D eigenvalue weighted by atomic mass is 16.5. The van der Waals surface area contributed by atoms with Gasteiger partial charge in [-0.3, -0.25) is 9.48 Å². The van der Waals surface area contributed by atoms with Gasteiger partial charge < -0.3 is 10.1 Å². The Morgan fingerprint density at radius 3 is 2.41 bits per heavy atom. The lowest BCUT2D eigenvalue weighted by Gasteiger charge is -2.08. The summed E-state index contributed by atoms with van der Waals surface area (Å²) in [6.45, 7) is 5.25. The minimum Gasteiger partial charge on any atom is -0.497 e. The fourth-order valence-corrected chi connectivity index (χ4v) is 3.08. The third-order valence-electron chi connectivity index (χ3n) is 4.69. The molecule has 0 aliphatic heterocycles. The van der Waals surface area contributed by atoms with Gasteiger partial charge in [-0.25, -0.2) is 0 Å². The Labute approximate surface area is 160 Å². The van der Waals surface area contributed by atoms with Crippen LogP contribution < -0.4 is 10.1 Å². The summed E-state index contributed by atoms with van der Waals surface area (Å²) >= 11 is 0. The third kappa shape index (κ3) is 4.76. The minimum atomic E-state index is -0.00484. The molecule has 0 aliphatic rings. The van der Waals surface area contributed by atoms with Crippen LogP contribution in [0.3, 0.4) is 0 Å². The molecular formula is C22H25N3O2. The number of benzene rings is 2. The maximum atomic E-state index is 12.3. The maximum absolute atomic E-state index is 12.3. The van der Waals surface area contributed by atoms with E-state index in [4.69, 9.17) is 4.74 Å². The van der Waals surface area contributed by atoms with Crippen molar-refractivity contribution < 1.29 is 9.53 Å². The quantitative estimate of drug-likeness (QED) is 0.700. The summed E-state index contributed by atoms with van der Waals surface area (Å²) in [6, 6.07) is 17.8. The van der Waals surface area contributed by atoms with Gasteiger partial charge in [-0.2, -0.15) is 5.10 Å². The average Bonchev–Trinajstić information content (AvgIpc) is 2.94. The fraction of sp³-hybridized carbons (Fsp3) is 0.273. The van der Waals surface area contributed by atoms with Crippen LogP contribution in [0, 0.1) is 13.8 Å². The molecule has 5 heteroatoms. The second kappa shape index (κ2) is 8.54. The lowest BCUT2D eigenvalue weighted by molar-refractivity contribution is -0.120. The fourth-order valence-electron chi connectivity index (χ4n) is 3.08. The van der Waals surface area contributed by atoms with Crippen LogP contribution in [-0.2, 0) is 24.3 Å². The summed E-state index contributed by atoms with van der Waals surface area (Å²) in [7, 11) is 1.63. The summed E-state index contributed by atoms with van der Waals surface area (Å²) < 4.78 is 7.14. The van der Waals surface area contributed by atoms with Crippen LogP contribution in [0.15, 0.2) is 54.6 Å². The van der Waals surface area contributed by atoms with Crippen LogP contribution in [-0.4, -0.2) is 22.8 Å².